The molecule has 1 aliphatic carbocycles. The summed E-state index contributed by atoms with van der Waals surface area (Å²) in [5.41, 5.74) is 1.11. The van der Waals surface area contributed by atoms with Crippen LogP contribution in [0.4, 0.5) is 0 Å². The summed E-state index contributed by atoms with van der Waals surface area (Å²) in [6.07, 6.45) is 8.52. The molecule has 1 amide bonds. The molecular weight excluding hydrogens is 320 g/mol. The first-order chi connectivity index (χ1) is 10.7. The van der Waals surface area contributed by atoms with Gasteiger partial charge in [0.2, 0.25) is 5.28 Å². The second kappa shape index (κ2) is 5.06. The van der Waals surface area contributed by atoms with Crippen LogP contribution in [0, 0.1) is 0 Å². The second-order valence-corrected chi connectivity index (χ2v) is 6.93. The predicted molar refractivity (Wildman–Crippen MR) is 88.7 cm³/mol. The van der Waals surface area contributed by atoms with Crippen molar-refractivity contribution in [2.75, 3.05) is 6.26 Å². The number of thioether (sulfide) groups is 1. The van der Waals surface area contributed by atoms with Crippen LogP contribution in [0.15, 0.2) is 17.3 Å². The molecule has 1 spiro atoms. The van der Waals surface area contributed by atoms with E-state index in [9.17, 15) is 4.79 Å². The molecule has 114 valence electrons. The van der Waals surface area contributed by atoms with E-state index in [1.807, 2.05) is 12.3 Å². The fourth-order valence-electron chi connectivity index (χ4n) is 3.63. The maximum absolute atomic E-state index is 12.8. The summed E-state index contributed by atoms with van der Waals surface area (Å²) in [5.74, 6) is -0.0451. The molecule has 0 N–H and O–H groups in total. The highest BCUT2D eigenvalue weighted by Gasteiger charge is 2.46. The highest BCUT2D eigenvalue weighted by Crippen LogP contribution is 2.43. The highest BCUT2D eigenvalue weighted by atomic mass is 35.5. The maximum atomic E-state index is 12.8. The summed E-state index contributed by atoms with van der Waals surface area (Å²) in [6, 6.07) is 2.02. The van der Waals surface area contributed by atoms with E-state index in [0.29, 0.717) is 0 Å². The lowest BCUT2D eigenvalue weighted by Gasteiger charge is -2.39. The van der Waals surface area contributed by atoms with Crippen LogP contribution in [-0.2, 0) is 10.3 Å². The number of halogens is 1. The van der Waals surface area contributed by atoms with E-state index >= 15 is 0 Å². The van der Waals surface area contributed by atoms with Gasteiger partial charge in [0.15, 0.2) is 0 Å². The van der Waals surface area contributed by atoms with Gasteiger partial charge in [-0.2, -0.15) is 4.98 Å². The number of rotatable bonds is 0. The van der Waals surface area contributed by atoms with Gasteiger partial charge in [0.1, 0.15) is 16.2 Å². The number of amides is 1. The second-order valence-electron chi connectivity index (χ2n) is 5.80. The Bertz CT molecular complexity index is 807. The summed E-state index contributed by atoms with van der Waals surface area (Å²) < 4.78 is 2.08. The Balaban J connectivity index is 2.06. The Morgan fingerprint density at radius 3 is 2.82 bits per heavy atom. The number of hydrogen-bond acceptors (Lipinski definition) is 4. The first-order valence-electron chi connectivity index (χ1n) is 7.38. The van der Waals surface area contributed by atoms with Crippen LogP contribution in [0.5, 0.6) is 0 Å². The smallest absolute Gasteiger partial charge is 0.273 e. The van der Waals surface area contributed by atoms with Gasteiger partial charge in [-0.1, -0.05) is 19.3 Å². The van der Waals surface area contributed by atoms with Crippen molar-refractivity contribution >= 4 is 45.3 Å². The Morgan fingerprint density at radius 1 is 1.32 bits per heavy atom. The van der Waals surface area contributed by atoms with E-state index in [4.69, 9.17) is 11.6 Å². The molecule has 0 saturated heterocycles. The van der Waals surface area contributed by atoms with Gasteiger partial charge in [0.25, 0.3) is 5.91 Å². The molecule has 0 bridgehead atoms. The number of aliphatic imine (C=N–C) groups is 1. The lowest BCUT2D eigenvalue weighted by atomic mass is 9.80. The van der Waals surface area contributed by atoms with Crippen molar-refractivity contribution in [3.8, 4) is 0 Å². The zero-order valence-corrected chi connectivity index (χ0v) is 13.7. The minimum atomic E-state index is -0.591. The first kappa shape index (κ1) is 14.2. The van der Waals surface area contributed by atoms with E-state index in [-0.39, 0.29) is 11.2 Å². The SMILES string of the molecule is CSC1=NC(=O)C2(CCCCC2)n2c1cc1cnc(Cl)nc12. The Morgan fingerprint density at radius 2 is 2.09 bits per heavy atom. The number of carbonyl (C=O) groups excluding carboxylic acids is 1. The van der Waals surface area contributed by atoms with Crippen molar-refractivity contribution in [1.29, 1.82) is 0 Å². The van der Waals surface area contributed by atoms with Crippen LogP contribution < -0.4 is 0 Å². The van der Waals surface area contributed by atoms with Crippen LogP contribution in [0.25, 0.3) is 11.0 Å². The summed E-state index contributed by atoms with van der Waals surface area (Å²) in [5, 5.41) is 1.86. The first-order valence-corrected chi connectivity index (χ1v) is 8.98. The molecule has 5 nitrogen and oxygen atoms in total. The number of aromatic nitrogens is 3. The third-order valence-electron chi connectivity index (χ3n) is 4.63. The van der Waals surface area contributed by atoms with Gasteiger partial charge in [-0.15, -0.1) is 11.8 Å². The monoisotopic (exact) mass is 334 g/mol. The zero-order valence-electron chi connectivity index (χ0n) is 12.2. The van der Waals surface area contributed by atoms with Crippen molar-refractivity contribution in [3.63, 3.8) is 0 Å². The zero-order chi connectivity index (χ0) is 15.3. The molecule has 0 radical (unpaired) electrons. The molecule has 7 heteroatoms. The largest absolute Gasteiger partial charge is 0.308 e. The van der Waals surface area contributed by atoms with Gasteiger partial charge < -0.3 is 4.57 Å². The van der Waals surface area contributed by atoms with E-state index in [2.05, 4.69) is 19.5 Å². The van der Waals surface area contributed by atoms with Crippen LogP contribution >= 0.6 is 23.4 Å². The van der Waals surface area contributed by atoms with Gasteiger partial charge in [-0.05, 0) is 36.8 Å². The van der Waals surface area contributed by atoms with E-state index < -0.39 is 5.54 Å². The van der Waals surface area contributed by atoms with Crippen LogP contribution in [-0.4, -0.2) is 31.7 Å². The van der Waals surface area contributed by atoms with Crippen LogP contribution in [0.1, 0.15) is 37.8 Å². The molecule has 4 rings (SSSR count). The highest BCUT2D eigenvalue weighted by molar-refractivity contribution is 8.13. The van der Waals surface area contributed by atoms with Gasteiger partial charge in [-0.25, -0.2) is 9.98 Å². The molecule has 3 heterocycles. The quantitative estimate of drug-likeness (QED) is 0.693. The average Bonchev–Trinajstić information content (AvgIpc) is 2.91. The fourth-order valence-corrected chi connectivity index (χ4v) is 4.29. The fraction of sp³-hybridized carbons (Fsp3) is 0.467. The van der Waals surface area contributed by atoms with Crippen LogP contribution in [0.3, 0.4) is 0 Å². The molecule has 2 aromatic heterocycles. The molecule has 1 saturated carbocycles. The van der Waals surface area contributed by atoms with E-state index in [0.717, 1.165) is 47.5 Å². The topological polar surface area (TPSA) is 60.1 Å². The predicted octanol–water partition coefficient (Wildman–Crippen LogP) is 3.39. The molecule has 1 aliphatic heterocycles. The third kappa shape index (κ3) is 1.86. The summed E-state index contributed by atoms with van der Waals surface area (Å²) in [7, 11) is 0. The van der Waals surface area contributed by atoms with Gasteiger partial charge in [-0.3, -0.25) is 4.79 Å². The summed E-state index contributed by atoms with van der Waals surface area (Å²) in [4.78, 5) is 25.7. The minimum absolute atomic E-state index is 0.0451. The Kier molecular flexibility index (Phi) is 3.27. The van der Waals surface area contributed by atoms with Crippen molar-refractivity contribution in [2.45, 2.75) is 37.6 Å². The van der Waals surface area contributed by atoms with Crippen molar-refractivity contribution in [2.24, 2.45) is 4.99 Å². The molecule has 0 aromatic carbocycles. The van der Waals surface area contributed by atoms with E-state index in [1.54, 1.807) is 6.20 Å². The molecule has 1 fully saturated rings. The minimum Gasteiger partial charge on any atom is -0.308 e. The molecule has 22 heavy (non-hydrogen) atoms. The van der Waals surface area contributed by atoms with Crippen molar-refractivity contribution in [1.82, 2.24) is 14.5 Å². The summed E-state index contributed by atoms with van der Waals surface area (Å²) >= 11 is 7.48. The Hall–Kier alpha value is -1.40. The van der Waals surface area contributed by atoms with Crippen LogP contribution in [0.2, 0.25) is 5.28 Å². The standard InChI is InChI=1S/C15H15ClN4OS/c1-22-12-10-7-9-8-17-14(16)18-11(9)20(10)15(13(21)19-12)5-3-2-4-6-15/h7-8H,2-6H2,1H3. The lowest BCUT2D eigenvalue weighted by Crippen LogP contribution is -2.47. The Labute approximate surface area is 137 Å². The molecule has 2 aliphatic rings. The number of carbonyl (C=O) groups is 1. The molecule has 0 unspecified atom stereocenters. The van der Waals surface area contributed by atoms with Gasteiger partial charge >= 0.3 is 0 Å². The van der Waals surface area contributed by atoms with Gasteiger partial charge in [0, 0.05) is 11.6 Å². The number of nitrogens with zero attached hydrogens (tertiary/aromatic N) is 4. The molecule has 2 aromatic rings. The number of fused-ring (bicyclic) bond motifs is 4. The molecule has 0 atom stereocenters. The lowest BCUT2D eigenvalue weighted by molar-refractivity contribution is -0.128. The normalized spacial score (nSPS) is 20.3. The molecular formula is C15H15ClN4OS. The van der Waals surface area contributed by atoms with Gasteiger partial charge in [0.05, 0.1) is 5.69 Å². The summed E-state index contributed by atoms with van der Waals surface area (Å²) in [6.45, 7) is 0. The number of hydrogen-bond donors (Lipinski definition) is 0. The average molecular weight is 335 g/mol. The third-order valence-corrected chi connectivity index (χ3v) is 5.50. The van der Waals surface area contributed by atoms with Crippen molar-refractivity contribution in [3.05, 3.63) is 23.2 Å². The van der Waals surface area contributed by atoms with E-state index in [1.165, 1.54) is 18.2 Å². The van der Waals surface area contributed by atoms with Crippen molar-refractivity contribution < 1.29 is 4.79 Å². The maximum Gasteiger partial charge on any atom is 0.273 e.